The number of carbonyl (C=O) groups is 1. The highest BCUT2D eigenvalue weighted by molar-refractivity contribution is 5.72. The van der Waals surface area contributed by atoms with Crippen LogP contribution < -0.4 is 0 Å². The first-order valence-electron chi connectivity index (χ1n) is 12.6. The van der Waals surface area contributed by atoms with Crippen LogP contribution in [0.2, 0.25) is 0 Å². The van der Waals surface area contributed by atoms with Crippen LogP contribution in [0.15, 0.2) is 42.3 Å². The molecule has 0 radical (unpaired) electrons. The largest absolute Gasteiger partial charge is 0.460 e. The fourth-order valence-electron chi connectivity index (χ4n) is 7.71. The van der Waals surface area contributed by atoms with Gasteiger partial charge in [0.05, 0.1) is 13.2 Å². The van der Waals surface area contributed by atoms with Crippen LogP contribution in [-0.4, -0.2) is 42.0 Å². The van der Waals surface area contributed by atoms with Gasteiger partial charge in [-0.05, 0) is 84.3 Å². The maximum absolute atomic E-state index is 12.1. The number of nitrogens with zero attached hydrogens (tertiary/aromatic N) is 1. The average Bonchev–Trinajstić information content (AvgIpc) is 3.17. The van der Waals surface area contributed by atoms with Crippen molar-refractivity contribution in [2.45, 2.75) is 64.9 Å². The van der Waals surface area contributed by atoms with Gasteiger partial charge in [0.1, 0.15) is 12.7 Å². The first kappa shape index (κ1) is 22.8. The molecule has 0 aromatic carbocycles. The summed E-state index contributed by atoms with van der Waals surface area (Å²) in [6.45, 7) is 4.99. The monoisotopic (exact) mass is 451 g/mol. The molecule has 2 saturated carbocycles. The zero-order chi connectivity index (χ0) is 23.1. The van der Waals surface area contributed by atoms with Crippen LogP contribution in [0.25, 0.3) is 5.57 Å². The van der Waals surface area contributed by atoms with Gasteiger partial charge >= 0.3 is 5.97 Å². The first-order chi connectivity index (χ1) is 16.0. The van der Waals surface area contributed by atoms with Crippen LogP contribution in [0.3, 0.4) is 0 Å². The number of hydrogen-bond acceptors (Lipinski definition) is 5. The molecule has 5 heteroatoms. The van der Waals surface area contributed by atoms with Crippen LogP contribution in [0, 0.1) is 28.6 Å². The molecule has 33 heavy (non-hydrogen) atoms. The molecule has 5 nitrogen and oxygen atoms in total. The fourth-order valence-corrected chi connectivity index (χ4v) is 7.71. The Balaban J connectivity index is 1.29. The van der Waals surface area contributed by atoms with Gasteiger partial charge < -0.3 is 14.6 Å². The van der Waals surface area contributed by atoms with Gasteiger partial charge in [-0.3, -0.25) is 4.98 Å². The second kappa shape index (κ2) is 8.99. The third-order valence-corrected chi connectivity index (χ3v) is 9.37. The number of aliphatic hydroxyl groups excluding tert-OH is 1. The second-order valence-electron chi connectivity index (χ2n) is 10.9. The lowest BCUT2D eigenvalue weighted by Crippen LogP contribution is -2.50. The molecule has 1 N–H and O–H groups in total. The minimum absolute atomic E-state index is 0.0507. The number of ether oxygens (including phenoxy) is 2. The number of aromatic nitrogens is 1. The van der Waals surface area contributed by atoms with Gasteiger partial charge in [0.15, 0.2) is 0 Å². The summed E-state index contributed by atoms with van der Waals surface area (Å²) < 4.78 is 10.8. The number of hydrogen-bond donors (Lipinski definition) is 1. The molecule has 0 amide bonds. The molecule has 178 valence electrons. The smallest absolute Gasteiger partial charge is 0.332 e. The molecule has 0 spiro atoms. The van der Waals surface area contributed by atoms with Gasteiger partial charge in [0.25, 0.3) is 0 Å². The molecule has 0 saturated heterocycles. The van der Waals surface area contributed by atoms with Crippen LogP contribution in [-0.2, 0) is 14.3 Å². The number of esters is 1. The summed E-state index contributed by atoms with van der Waals surface area (Å²) in [7, 11) is 0. The number of pyridine rings is 1. The van der Waals surface area contributed by atoms with Crippen LogP contribution in [0.1, 0.15) is 64.4 Å². The average molecular weight is 452 g/mol. The van der Waals surface area contributed by atoms with E-state index < -0.39 is 0 Å². The van der Waals surface area contributed by atoms with E-state index in [4.69, 9.17) is 14.6 Å². The van der Waals surface area contributed by atoms with Crippen molar-refractivity contribution in [2.75, 3.05) is 19.8 Å². The Hall–Kier alpha value is -1.98. The van der Waals surface area contributed by atoms with Gasteiger partial charge in [0.2, 0.25) is 0 Å². The van der Waals surface area contributed by atoms with Gasteiger partial charge in [-0.25, -0.2) is 4.79 Å². The van der Waals surface area contributed by atoms with E-state index in [1.807, 2.05) is 12.4 Å². The lowest BCUT2D eigenvalue weighted by molar-refractivity contribution is -0.157. The minimum atomic E-state index is -0.320. The van der Waals surface area contributed by atoms with Crippen molar-refractivity contribution in [2.24, 2.45) is 28.6 Å². The van der Waals surface area contributed by atoms with E-state index >= 15 is 0 Å². The Morgan fingerprint density at radius 3 is 2.79 bits per heavy atom. The predicted molar refractivity (Wildman–Crippen MR) is 127 cm³/mol. The molecule has 0 bridgehead atoms. The van der Waals surface area contributed by atoms with E-state index in [9.17, 15) is 4.79 Å². The van der Waals surface area contributed by atoms with Crippen molar-refractivity contribution in [1.29, 1.82) is 0 Å². The van der Waals surface area contributed by atoms with Gasteiger partial charge in [-0.2, -0.15) is 0 Å². The number of allylic oxidation sites excluding steroid dienone is 3. The number of carbonyl (C=O) groups excluding carboxylic acids is 1. The Bertz CT molecular complexity index is 940. The van der Waals surface area contributed by atoms with Crippen molar-refractivity contribution in [3.8, 4) is 0 Å². The summed E-state index contributed by atoms with van der Waals surface area (Å²) in [6, 6.07) is 4.27. The molecule has 0 aliphatic heterocycles. The van der Waals surface area contributed by atoms with Crippen LogP contribution in [0.5, 0.6) is 0 Å². The topological polar surface area (TPSA) is 68.7 Å². The first-order valence-corrected chi connectivity index (χ1v) is 12.6. The zero-order valence-corrected chi connectivity index (χ0v) is 20.0. The summed E-state index contributed by atoms with van der Waals surface area (Å²) in [5.41, 5.74) is 4.78. The summed E-state index contributed by atoms with van der Waals surface area (Å²) in [4.78, 5) is 16.5. The van der Waals surface area contributed by atoms with Crippen molar-refractivity contribution >= 4 is 11.5 Å². The van der Waals surface area contributed by atoms with Gasteiger partial charge in [0, 0.05) is 18.8 Å². The fraction of sp³-hybridized carbons (Fsp3) is 0.643. The Kier molecular flexibility index (Phi) is 6.21. The highest BCUT2D eigenvalue weighted by Gasteiger charge is 2.57. The molecule has 4 aliphatic rings. The Labute approximate surface area is 197 Å². The van der Waals surface area contributed by atoms with Crippen molar-refractivity contribution in [3.63, 3.8) is 0 Å². The Morgan fingerprint density at radius 1 is 1.15 bits per heavy atom. The van der Waals surface area contributed by atoms with Gasteiger partial charge in [-0.15, -0.1) is 0 Å². The van der Waals surface area contributed by atoms with Crippen molar-refractivity contribution in [1.82, 2.24) is 4.98 Å². The van der Waals surface area contributed by atoms with E-state index in [0.717, 1.165) is 25.7 Å². The summed E-state index contributed by atoms with van der Waals surface area (Å²) in [6.07, 6.45) is 16.5. The second-order valence-corrected chi connectivity index (χ2v) is 10.9. The third-order valence-electron chi connectivity index (χ3n) is 9.37. The van der Waals surface area contributed by atoms with Crippen LogP contribution in [0.4, 0.5) is 0 Å². The molecule has 4 aliphatic carbocycles. The molecular formula is C28H37NO4. The molecule has 1 heterocycles. The zero-order valence-electron chi connectivity index (χ0n) is 20.0. The van der Waals surface area contributed by atoms with Crippen LogP contribution >= 0.6 is 0 Å². The molecule has 1 aromatic heterocycles. The molecule has 6 atom stereocenters. The normalized spacial score (nSPS) is 37.3. The van der Waals surface area contributed by atoms with Gasteiger partial charge in [-0.1, -0.05) is 37.6 Å². The predicted octanol–water partition coefficient (Wildman–Crippen LogP) is 4.96. The third kappa shape index (κ3) is 3.97. The van der Waals surface area contributed by atoms with E-state index in [-0.39, 0.29) is 42.7 Å². The summed E-state index contributed by atoms with van der Waals surface area (Å²) in [5, 5.41) is 8.81. The number of rotatable bonds is 6. The summed E-state index contributed by atoms with van der Waals surface area (Å²) >= 11 is 0. The molecule has 1 aromatic rings. The molecule has 6 unspecified atom stereocenters. The number of fused-ring (bicyclic) bond motifs is 5. The number of aliphatic hydroxyl groups is 1. The van der Waals surface area contributed by atoms with E-state index in [2.05, 4.69) is 43.1 Å². The van der Waals surface area contributed by atoms with Crippen molar-refractivity contribution < 1.29 is 19.4 Å². The van der Waals surface area contributed by atoms with E-state index in [0.29, 0.717) is 17.8 Å². The quantitative estimate of drug-likeness (QED) is 0.376. The SMILES string of the molecule is CC12CCC(OC(=O)COCCO)CC1=CCC1C2CCC2(C)C(c3cccnc3)=CCC12. The lowest BCUT2D eigenvalue weighted by atomic mass is 9.47. The molecule has 5 rings (SSSR count). The van der Waals surface area contributed by atoms with E-state index in [1.165, 1.54) is 36.0 Å². The lowest BCUT2D eigenvalue weighted by Gasteiger charge is -2.57. The highest BCUT2D eigenvalue weighted by Crippen LogP contribution is 2.66. The van der Waals surface area contributed by atoms with E-state index in [1.54, 1.807) is 0 Å². The maximum Gasteiger partial charge on any atom is 0.332 e. The minimum Gasteiger partial charge on any atom is -0.460 e. The Morgan fingerprint density at radius 2 is 2.00 bits per heavy atom. The summed E-state index contributed by atoms with van der Waals surface area (Å²) in [5.74, 6) is 1.80. The standard InChI is InChI=1S/C28H37NO4/c1-27-11-9-21(33-26(31)18-32-15-14-30)16-20(27)5-6-22-24-8-7-23(19-4-3-13-29-17-19)28(24,2)12-10-25(22)27/h3-5,7,13,17,21-22,24-25,30H,6,8-12,14-16,18H2,1-2H3. The maximum atomic E-state index is 12.1. The molecular weight excluding hydrogens is 414 g/mol. The highest BCUT2D eigenvalue weighted by atomic mass is 16.6. The van der Waals surface area contributed by atoms with Crippen molar-refractivity contribution in [3.05, 3.63) is 47.8 Å². The molecule has 2 fully saturated rings.